The summed E-state index contributed by atoms with van der Waals surface area (Å²) in [5.41, 5.74) is 2.39. The number of rotatable bonds is 4. The zero-order valence-corrected chi connectivity index (χ0v) is 14.6. The van der Waals surface area contributed by atoms with Crippen LogP contribution < -0.4 is 10.2 Å². The van der Waals surface area contributed by atoms with E-state index in [9.17, 15) is 9.90 Å². The van der Waals surface area contributed by atoms with Crippen molar-refractivity contribution in [3.63, 3.8) is 0 Å². The maximum absolute atomic E-state index is 11.4. The second-order valence-electron chi connectivity index (χ2n) is 5.15. The van der Waals surface area contributed by atoms with E-state index in [-0.39, 0.29) is 5.75 Å². The van der Waals surface area contributed by atoms with Gasteiger partial charge in [0.15, 0.2) is 11.5 Å². The summed E-state index contributed by atoms with van der Waals surface area (Å²) in [5, 5.41) is 13.6. The maximum Gasteiger partial charge on any atom is 0.428 e. The Morgan fingerprint density at radius 1 is 1.48 bits per heavy atom. The number of halogens is 1. The van der Waals surface area contributed by atoms with Crippen LogP contribution in [0.1, 0.15) is 33.3 Å². The summed E-state index contributed by atoms with van der Waals surface area (Å²) in [6, 6.07) is 3.36. The number of amides is 1. The number of benzene rings is 1. The second kappa shape index (κ2) is 7.48. The van der Waals surface area contributed by atoms with Gasteiger partial charge in [0.2, 0.25) is 0 Å². The summed E-state index contributed by atoms with van der Waals surface area (Å²) in [5.74, 6) is 0.470. The van der Waals surface area contributed by atoms with E-state index in [0.717, 1.165) is 0 Å². The van der Waals surface area contributed by atoms with Gasteiger partial charge in [0, 0.05) is 0 Å². The van der Waals surface area contributed by atoms with Crippen molar-refractivity contribution in [2.45, 2.75) is 33.3 Å². The molecule has 0 saturated carbocycles. The third-order valence-corrected chi connectivity index (χ3v) is 2.94. The van der Waals surface area contributed by atoms with E-state index in [0.29, 0.717) is 21.5 Å². The number of aromatic hydroxyl groups is 1. The molecule has 0 aliphatic rings. The van der Waals surface area contributed by atoms with Gasteiger partial charge in [0.25, 0.3) is 0 Å². The number of hydrogen-bond donors (Lipinski definition) is 2. The van der Waals surface area contributed by atoms with Crippen LogP contribution in [0.3, 0.4) is 0 Å². The van der Waals surface area contributed by atoms with Crippen LogP contribution >= 0.6 is 22.6 Å². The minimum absolute atomic E-state index is 0.0923. The van der Waals surface area contributed by atoms with Crippen LogP contribution in [-0.2, 0) is 4.74 Å². The van der Waals surface area contributed by atoms with Gasteiger partial charge in [0.05, 0.1) is 16.4 Å². The number of nitrogens with zero attached hydrogens (tertiary/aromatic N) is 1. The lowest BCUT2D eigenvalue weighted by atomic mass is 10.2. The zero-order chi connectivity index (χ0) is 16.0. The largest absolute Gasteiger partial charge is 0.504 e. The Bertz CT molecular complexity index is 539. The van der Waals surface area contributed by atoms with Crippen LogP contribution in [0.4, 0.5) is 4.79 Å². The Morgan fingerprint density at radius 3 is 2.71 bits per heavy atom. The number of nitrogens with one attached hydrogen (secondary N) is 1. The maximum atomic E-state index is 11.4. The fourth-order valence-corrected chi connectivity index (χ4v) is 2.02. The quantitative estimate of drug-likeness (QED) is 0.457. The summed E-state index contributed by atoms with van der Waals surface area (Å²) in [6.07, 6.45) is 0.825. The number of phenols is 1. The molecule has 0 radical (unpaired) electrons. The SMILES string of the molecule is CCOc1cc(/C=N\NC(=O)OC(C)(C)C)cc(I)c1O. The van der Waals surface area contributed by atoms with Crippen molar-refractivity contribution in [3.8, 4) is 11.5 Å². The van der Waals surface area contributed by atoms with Crippen LogP contribution in [0.2, 0.25) is 0 Å². The molecule has 0 aliphatic heterocycles. The van der Waals surface area contributed by atoms with Gasteiger partial charge in [-0.25, -0.2) is 10.2 Å². The standard InChI is InChI=1S/C14H19IN2O4/c1-5-20-11-7-9(6-10(15)12(11)18)8-16-17-13(19)21-14(2,3)4/h6-8,18H,5H2,1-4H3,(H,17,19)/b16-8-. The fraction of sp³-hybridized carbons (Fsp3) is 0.429. The molecule has 0 aliphatic carbocycles. The molecular weight excluding hydrogens is 387 g/mol. The number of carbonyl (C=O) groups excluding carboxylic acids is 1. The van der Waals surface area contributed by atoms with Crippen LogP contribution in [0.25, 0.3) is 0 Å². The van der Waals surface area contributed by atoms with Crippen LogP contribution in [0.15, 0.2) is 17.2 Å². The molecule has 0 fully saturated rings. The molecule has 0 aromatic heterocycles. The first-order chi connectivity index (χ1) is 9.73. The molecule has 116 valence electrons. The monoisotopic (exact) mass is 406 g/mol. The van der Waals surface area contributed by atoms with E-state index >= 15 is 0 Å². The minimum atomic E-state index is -0.628. The van der Waals surface area contributed by atoms with Gasteiger partial charge in [-0.15, -0.1) is 0 Å². The van der Waals surface area contributed by atoms with Crippen molar-refractivity contribution in [1.29, 1.82) is 0 Å². The summed E-state index contributed by atoms with van der Waals surface area (Å²) < 4.78 is 11.0. The molecule has 0 unspecified atom stereocenters. The Balaban J connectivity index is 2.74. The van der Waals surface area contributed by atoms with Crippen LogP contribution in [-0.4, -0.2) is 29.6 Å². The normalized spacial score (nSPS) is 11.5. The van der Waals surface area contributed by atoms with E-state index in [1.807, 2.05) is 29.5 Å². The molecule has 1 amide bonds. The van der Waals surface area contributed by atoms with Crippen LogP contribution in [0.5, 0.6) is 11.5 Å². The van der Waals surface area contributed by atoms with Crippen molar-refractivity contribution in [2.24, 2.45) is 5.10 Å². The van der Waals surface area contributed by atoms with Crippen molar-refractivity contribution in [3.05, 3.63) is 21.3 Å². The molecule has 0 saturated heterocycles. The Hall–Kier alpha value is -1.51. The van der Waals surface area contributed by atoms with Gasteiger partial charge in [-0.1, -0.05) is 0 Å². The van der Waals surface area contributed by atoms with Crippen molar-refractivity contribution < 1.29 is 19.4 Å². The lowest BCUT2D eigenvalue weighted by molar-refractivity contribution is 0.0529. The first kappa shape index (κ1) is 17.5. The molecule has 1 aromatic carbocycles. The number of phenolic OH excluding ortho intramolecular Hbond substituents is 1. The van der Waals surface area contributed by atoms with Gasteiger partial charge >= 0.3 is 6.09 Å². The lowest BCUT2D eigenvalue weighted by Gasteiger charge is -2.18. The minimum Gasteiger partial charge on any atom is -0.504 e. The fourth-order valence-electron chi connectivity index (χ4n) is 1.39. The highest BCUT2D eigenvalue weighted by molar-refractivity contribution is 14.1. The van der Waals surface area contributed by atoms with Crippen molar-refractivity contribution >= 4 is 34.9 Å². The van der Waals surface area contributed by atoms with Gasteiger partial charge in [0.1, 0.15) is 5.60 Å². The number of ether oxygens (including phenoxy) is 2. The van der Waals surface area contributed by atoms with Gasteiger partial charge in [-0.05, 0) is 68.0 Å². The average molecular weight is 406 g/mol. The lowest BCUT2D eigenvalue weighted by Crippen LogP contribution is -2.29. The van der Waals surface area contributed by atoms with Gasteiger partial charge in [-0.2, -0.15) is 5.10 Å². The molecule has 6 nitrogen and oxygen atoms in total. The highest BCUT2D eigenvalue weighted by atomic mass is 127. The van der Waals surface area contributed by atoms with Crippen molar-refractivity contribution in [2.75, 3.05) is 6.61 Å². The Kier molecular flexibility index (Phi) is 6.25. The number of carbonyl (C=O) groups is 1. The first-order valence-corrected chi connectivity index (χ1v) is 7.48. The first-order valence-electron chi connectivity index (χ1n) is 6.40. The predicted molar refractivity (Wildman–Crippen MR) is 89.0 cm³/mol. The van der Waals surface area contributed by atoms with E-state index in [1.54, 1.807) is 32.9 Å². The highest BCUT2D eigenvalue weighted by Crippen LogP contribution is 2.32. The smallest absolute Gasteiger partial charge is 0.428 e. The molecule has 7 heteroatoms. The predicted octanol–water partition coefficient (Wildman–Crippen LogP) is 3.25. The summed E-state index contributed by atoms with van der Waals surface area (Å²) in [6.45, 7) is 7.59. The molecule has 0 spiro atoms. The second-order valence-corrected chi connectivity index (χ2v) is 6.32. The molecule has 0 heterocycles. The highest BCUT2D eigenvalue weighted by Gasteiger charge is 2.15. The Labute approximate surface area is 137 Å². The molecule has 1 rings (SSSR count). The van der Waals surface area contributed by atoms with Crippen molar-refractivity contribution in [1.82, 2.24) is 5.43 Å². The molecule has 1 aromatic rings. The van der Waals surface area contributed by atoms with E-state index < -0.39 is 11.7 Å². The third kappa shape index (κ3) is 6.19. The van der Waals surface area contributed by atoms with Gasteiger partial charge in [-0.3, -0.25) is 0 Å². The molecular formula is C14H19IN2O4. The Morgan fingerprint density at radius 2 is 2.14 bits per heavy atom. The molecule has 21 heavy (non-hydrogen) atoms. The summed E-state index contributed by atoms with van der Waals surface area (Å²) in [7, 11) is 0. The summed E-state index contributed by atoms with van der Waals surface area (Å²) >= 11 is 1.99. The van der Waals surface area contributed by atoms with Gasteiger partial charge < -0.3 is 14.6 Å². The van der Waals surface area contributed by atoms with Crippen LogP contribution in [0, 0.1) is 3.57 Å². The zero-order valence-electron chi connectivity index (χ0n) is 12.4. The molecule has 0 bridgehead atoms. The molecule has 2 N–H and O–H groups in total. The average Bonchev–Trinajstić information content (AvgIpc) is 2.33. The summed E-state index contributed by atoms with van der Waals surface area (Å²) in [4.78, 5) is 11.4. The molecule has 0 atom stereocenters. The van der Waals surface area contributed by atoms with E-state index in [4.69, 9.17) is 9.47 Å². The van der Waals surface area contributed by atoms with E-state index in [2.05, 4.69) is 10.5 Å². The third-order valence-electron chi connectivity index (χ3n) is 2.12. The number of hydrogen-bond acceptors (Lipinski definition) is 5. The topological polar surface area (TPSA) is 80.2 Å². The van der Waals surface area contributed by atoms with E-state index in [1.165, 1.54) is 6.21 Å². The number of hydrazone groups is 1.